The predicted octanol–water partition coefficient (Wildman–Crippen LogP) is 4.99. The van der Waals surface area contributed by atoms with Gasteiger partial charge in [-0.1, -0.05) is 48.5 Å². The van der Waals surface area contributed by atoms with Gasteiger partial charge in [0.25, 0.3) is 0 Å². The molecule has 1 rings (SSSR count). The van der Waals surface area contributed by atoms with Gasteiger partial charge in [0.2, 0.25) is 0 Å². The zero-order chi connectivity index (χ0) is 11.8. The van der Waals surface area contributed by atoms with Gasteiger partial charge in [-0.25, -0.2) is 0 Å². The molecule has 0 heteroatoms. The van der Waals surface area contributed by atoms with Gasteiger partial charge in [-0.3, -0.25) is 0 Å². The molecule has 0 aromatic heterocycles. The molecule has 0 N–H and O–H groups in total. The highest BCUT2D eigenvalue weighted by atomic mass is 14.4. The van der Waals surface area contributed by atoms with Gasteiger partial charge >= 0.3 is 0 Å². The van der Waals surface area contributed by atoms with Crippen molar-refractivity contribution in [1.29, 1.82) is 0 Å². The van der Waals surface area contributed by atoms with Gasteiger partial charge < -0.3 is 0 Å². The van der Waals surface area contributed by atoms with Gasteiger partial charge in [-0.2, -0.15) is 0 Å². The third kappa shape index (κ3) is 2.98. The van der Waals surface area contributed by atoms with Crippen LogP contribution in [-0.2, 0) is 0 Å². The maximum Gasteiger partial charge on any atom is -0.0337 e. The average molecular weight is 210 g/mol. The average Bonchev–Trinajstić information content (AvgIpc) is 2.06. The van der Waals surface area contributed by atoms with Crippen molar-refractivity contribution in [2.45, 2.75) is 61.3 Å². The molecule has 0 aromatic carbocycles. The molecule has 0 bridgehead atoms. The highest BCUT2D eigenvalue weighted by Gasteiger charge is 2.39. The summed E-state index contributed by atoms with van der Waals surface area (Å²) in [6, 6.07) is 0. The minimum Gasteiger partial charge on any atom is -0.0625 e. The van der Waals surface area contributed by atoms with Crippen molar-refractivity contribution in [3.8, 4) is 0 Å². The van der Waals surface area contributed by atoms with Crippen molar-refractivity contribution in [2.24, 2.45) is 35.0 Å². The standard InChI is InChI=1S/C15H30/c1-10(2)13-8-12(4)14(9-11(13)3)15(5,6)7/h10-14H,8-9H2,1-7H3. The highest BCUT2D eigenvalue weighted by Crippen LogP contribution is 2.47. The Labute approximate surface area is 96.8 Å². The van der Waals surface area contributed by atoms with Gasteiger partial charge in [0.05, 0.1) is 0 Å². The quantitative estimate of drug-likeness (QED) is 0.572. The van der Waals surface area contributed by atoms with E-state index in [0.29, 0.717) is 5.41 Å². The monoisotopic (exact) mass is 210 g/mol. The smallest absolute Gasteiger partial charge is 0.0337 e. The highest BCUT2D eigenvalue weighted by molar-refractivity contribution is 4.88. The van der Waals surface area contributed by atoms with Crippen molar-refractivity contribution in [2.75, 3.05) is 0 Å². The van der Waals surface area contributed by atoms with E-state index in [1.54, 1.807) is 0 Å². The van der Waals surface area contributed by atoms with E-state index in [2.05, 4.69) is 48.5 Å². The fourth-order valence-corrected chi connectivity index (χ4v) is 3.77. The molecule has 4 atom stereocenters. The maximum absolute atomic E-state index is 2.47. The second-order valence-electron chi connectivity index (χ2n) is 7.31. The lowest BCUT2D eigenvalue weighted by Gasteiger charge is -2.46. The molecule has 1 aliphatic rings. The van der Waals surface area contributed by atoms with Crippen molar-refractivity contribution >= 4 is 0 Å². The molecule has 1 aliphatic carbocycles. The molecule has 15 heavy (non-hydrogen) atoms. The molecule has 0 heterocycles. The first-order chi connectivity index (χ1) is 6.73. The summed E-state index contributed by atoms with van der Waals surface area (Å²) in [6.07, 6.45) is 2.88. The molecule has 90 valence electrons. The first-order valence-corrected chi connectivity index (χ1v) is 6.73. The fourth-order valence-electron chi connectivity index (χ4n) is 3.77. The second-order valence-corrected chi connectivity index (χ2v) is 7.31. The van der Waals surface area contributed by atoms with Crippen LogP contribution in [0.2, 0.25) is 0 Å². The summed E-state index contributed by atoms with van der Waals surface area (Å²) in [6.45, 7) is 17.0. The lowest BCUT2D eigenvalue weighted by Crippen LogP contribution is -2.38. The molecule has 0 radical (unpaired) electrons. The molecular formula is C15H30. The Morgan fingerprint density at radius 3 is 1.87 bits per heavy atom. The van der Waals surface area contributed by atoms with Crippen LogP contribution in [0.1, 0.15) is 61.3 Å². The summed E-state index contributed by atoms with van der Waals surface area (Å²) in [5, 5.41) is 0. The second kappa shape index (κ2) is 4.47. The molecule has 0 aliphatic heterocycles. The van der Waals surface area contributed by atoms with Crippen LogP contribution in [-0.4, -0.2) is 0 Å². The normalized spacial score (nSPS) is 38.4. The summed E-state index contributed by atoms with van der Waals surface area (Å²) in [5.41, 5.74) is 0.496. The van der Waals surface area contributed by atoms with Crippen molar-refractivity contribution in [1.82, 2.24) is 0 Å². The Kier molecular flexibility index (Phi) is 3.90. The van der Waals surface area contributed by atoms with Gasteiger partial charge in [-0.05, 0) is 47.8 Å². The molecule has 0 spiro atoms. The van der Waals surface area contributed by atoms with E-state index in [4.69, 9.17) is 0 Å². The van der Waals surface area contributed by atoms with Crippen LogP contribution in [0.25, 0.3) is 0 Å². The minimum absolute atomic E-state index is 0.496. The van der Waals surface area contributed by atoms with Crippen LogP contribution in [0.3, 0.4) is 0 Å². The summed E-state index contributed by atoms with van der Waals surface area (Å²) in [5.74, 6) is 4.57. The number of hydrogen-bond acceptors (Lipinski definition) is 0. The molecule has 1 saturated carbocycles. The predicted molar refractivity (Wildman–Crippen MR) is 68.8 cm³/mol. The molecule has 0 aromatic rings. The van der Waals surface area contributed by atoms with E-state index in [1.807, 2.05) is 0 Å². The maximum atomic E-state index is 2.47. The van der Waals surface area contributed by atoms with Crippen LogP contribution in [0.4, 0.5) is 0 Å². The fraction of sp³-hybridized carbons (Fsp3) is 1.00. The molecule has 0 saturated heterocycles. The van der Waals surface area contributed by atoms with Crippen molar-refractivity contribution in [3.63, 3.8) is 0 Å². The van der Waals surface area contributed by atoms with Gasteiger partial charge in [0.1, 0.15) is 0 Å². The summed E-state index contributed by atoms with van der Waals surface area (Å²) >= 11 is 0. The number of hydrogen-bond donors (Lipinski definition) is 0. The van der Waals surface area contributed by atoms with E-state index >= 15 is 0 Å². The van der Waals surface area contributed by atoms with Crippen LogP contribution in [0.15, 0.2) is 0 Å². The van der Waals surface area contributed by atoms with Gasteiger partial charge in [0, 0.05) is 0 Å². The Morgan fingerprint density at radius 1 is 0.933 bits per heavy atom. The molecular weight excluding hydrogens is 180 g/mol. The Hall–Kier alpha value is 0. The number of rotatable bonds is 1. The largest absolute Gasteiger partial charge is 0.0625 e. The van der Waals surface area contributed by atoms with Crippen LogP contribution in [0, 0.1) is 35.0 Å². The third-order valence-corrected chi connectivity index (χ3v) is 4.66. The zero-order valence-electron chi connectivity index (χ0n) is 11.8. The first kappa shape index (κ1) is 13.1. The van der Waals surface area contributed by atoms with E-state index in [1.165, 1.54) is 12.8 Å². The van der Waals surface area contributed by atoms with E-state index in [0.717, 1.165) is 29.6 Å². The van der Waals surface area contributed by atoms with Gasteiger partial charge in [0.15, 0.2) is 0 Å². The Morgan fingerprint density at radius 2 is 1.47 bits per heavy atom. The molecule has 0 amide bonds. The minimum atomic E-state index is 0.496. The molecule has 4 unspecified atom stereocenters. The van der Waals surface area contributed by atoms with Crippen molar-refractivity contribution < 1.29 is 0 Å². The summed E-state index contributed by atoms with van der Waals surface area (Å²) in [7, 11) is 0. The first-order valence-electron chi connectivity index (χ1n) is 6.73. The Bertz CT molecular complexity index is 197. The zero-order valence-corrected chi connectivity index (χ0v) is 11.8. The molecule has 0 nitrogen and oxygen atoms in total. The lowest BCUT2D eigenvalue weighted by molar-refractivity contribution is 0.0365. The SMILES string of the molecule is CC(C)C1CC(C)C(C(C)(C)C)CC1C. The lowest BCUT2D eigenvalue weighted by atomic mass is 9.59. The van der Waals surface area contributed by atoms with E-state index < -0.39 is 0 Å². The molecule has 1 fully saturated rings. The summed E-state index contributed by atoms with van der Waals surface area (Å²) in [4.78, 5) is 0. The van der Waals surface area contributed by atoms with Crippen molar-refractivity contribution in [3.05, 3.63) is 0 Å². The van der Waals surface area contributed by atoms with Gasteiger partial charge in [-0.15, -0.1) is 0 Å². The Balaban J connectivity index is 2.71. The van der Waals surface area contributed by atoms with Crippen LogP contribution in [0.5, 0.6) is 0 Å². The van der Waals surface area contributed by atoms with E-state index in [-0.39, 0.29) is 0 Å². The topological polar surface area (TPSA) is 0 Å². The summed E-state index contributed by atoms with van der Waals surface area (Å²) < 4.78 is 0. The van der Waals surface area contributed by atoms with E-state index in [9.17, 15) is 0 Å². The van der Waals surface area contributed by atoms with Crippen LogP contribution >= 0.6 is 0 Å². The third-order valence-electron chi connectivity index (χ3n) is 4.66. The van der Waals surface area contributed by atoms with Crippen LogP contribution < -0.4 is 0 Å².